The van der Waals surface area contributed by atoms with Crippen LogP contribution < -0.4 is 5.32 Å². The van der Waals surface area contributed by atoms with E-state index in [2.05, 4.69) is 10.4 Å². The minimum atomic E-state index is -0.217. The molecule has 0 aliphatic carbocycles. The third-order valence-electron chi connectivity index (χ3n) is 4.12. The molecule has 1 aromatic heterocycles. The summed E-state index contributed by atoms with van der Waals surface area (Å²) in [4.78, 5) is 26.3. The molecule has 0 fully saturated rings. The van der Waals surface area contributed by atoms with Crippen molar-refractivity contribution in [1.29, 1.82) is 0 Å². The molecule has 0 atom stereocenters. The molecule has 1 aromatic carbocycles. The number of rotatable bonds is 5. The van der Waals surface area contributed by atoms with Crippen LogP contribution in [0.1, 0.15) is 34.2 Å². The average molecular weight is 328 g/mol. The summed E-state index contributed by atoms with van der Waals surface area (Å²) in [6, 6.07) is 7.67. The van der Waals surface area contributed by atoms with Gasteiger partial charge in [0.1, 0.15) is 0 Å². The fourth-order valence-corrected chi connectivity index (χ4v) is 2.70. The normalized spacial score (nSPS) is 10.5. The number of amides is 2. The second-order valence-electron chi connectivity index (χ2n) is 5.89. The summed E-state index contributed by atoms with van der Waals surface area (Å²) in [7, 11) is 3.42. The Bertz CT molecular complexity index is 764. The van der Waals surface area contributed by atoms with Crippen LogP contribution in [0.3, 0.4) is 0 Å². The Balaban J connectivity index is 2.07. The van der Waals surface area contributed by atoms with Gasteiger partial charge in [0.05, 0.1) is 17.8 Å². The minimum Gasteiger partial charge on any atom is -0.332 e. The van der Waals surface area contributed by atoms with Crippen LogP contribution in [-0.4, -0.2) is 40.1 Å². The summed E-state index contributed by atoms with van der Waals surface area (Å²) in [5.74, 6) is -0.414. The molecule has 128 valence electrons. The first kappa shape index (κ1) is 17.7. The number of para-hydroxylation sites is 1. The molecule has 0 aliphatic heterocycles. The second kappa shape index (κ2) is 7.29. The van der Waals surface area contributed by atoms with Crippen molar-refractivity contribution in [2.24, 2.45) is 7.05 Å². The fraction of sp³-hybridized carbons (Fsp3) is 0.389. The molecule has 6 heteroatoms. The van der Waals surface area contributed by atoms with Crippen LogP contribution in [-0.2, 0) is 18.3 Å². The summed E-state index contributed by atoms with van der Waals surface area (Å²) in [5, 5.41) is 7.13. The van der Waals surface area contributed by atoms with Crippen LogP contribution in [0.15, 0.2) is 24.3 Å². The maximum absolute atomic E-state index is 12.6. The Hall–Kier alpha value is -2.63. The highest BCUT2D eigenvalue weighted by atomic mass is 16.2. The first-order valence-electron chi connectivity index (χ1n) is 7.98. The number of aryl methyl sites for hydroxylation is 3. The summed E-state index contributed by atoms with van der Waals surface area (Å²) in [6.45, 7) is 5.67. The first-order valence-corrected chi connectivity index (χ1v) is 7.98. The number of benzene rings is 1. The number of hydrogen-bond acceptors (Lipinski definition) is 3. The van der Waals surface area contributed by atoms with Crippen LogP contribution in [0.5, 0.6) is 0 Å². The second-order valence-corrected chi connectivity index (χ2v) is 5.89. The number of hydrogen-bond donors (Lipinski definition) is 1. The zero-order chi connectivity index (χ0) is 17.9. The molecule has 0 saturated heterocycles. The molecule has 0 radical (unpaired) electrons. The summed E-state index contributed by atoms with van der Waals surface area (Å²) >= 11 is 0. The predicted octanol–water partition coefficient (Wildman–Crippen LogP) is 2.31. The van der Waals surface area contributed by atoms with E-state index in [4.69, 9.17) is 0 Å². The molecule has 2 amide bonds. The Morgan fingerprint density at radius 1 is 1.25 bits per heavy atom. The van der Waals surface area contributed by atoms with Crippen molar-refractivity contribution >= 4 is 17.5 Å². The lowest BCUT2D eigenvalue weighted by atomic mass is 10.1. The maximum atomic E-state index is 12.6. The van der Waals surface area contributed by atoms with Crippen LogP contribution in [0, 0.1) is 13.8 Å². The molecule has 0 saturated carbocycles. The van der Waals surface area contributed by atoms with E-state index >= 15 is 0 Å². The zero-order valence-corrected chi connectivity index (χ0v) is 14.9. The van der Waals surface area contributed by atoms with E-state index in [1.807, 2.05) is 38.1 Å². The van der Waals surface area contributed by atoms with Crippen LogP contribution >= 0.6 is 0 Å². The summed E-state index contributed by atoms with van der Waals surface area (Å²) < 4.78 is 1.67. The van der Waals surface area contributed by atoms with Gasteiger partial charge in [0.15, 0.2) is 0 Å². The lowest BCUT2D eigenvalue weighted by Crippen LogP contribution is -2.35. The largest absolute Gasteiger partial charge is 0.332 e. The molecular weight excluding hydrogens is 304 g/mol. The van der Waals surface area contributed by atoms with Gasteiger partial charge in [0.2, 0.25) is 5.91 Å². The van der Waals surface area contributed by atoms with Gasteiger partial charge >= 0.3 is 0 Å². The number of likely N-dealkylation sites (N-methyl/N-ethyl adjacent to an activating group) is 1. The van der Waals surface area contributed by atoms with Crippen molar-refractivity contribution in [3.8, 4) is 0 Å². The van der Waals surface area contributed by atoms with Gasteiger partial charge in [0.25, 0.3) is 5.91 Å². The van der Waals surface area contributed by atoms with Crippen LogP contribution in [0.25, 0.3) is 0 Å². The molecule has 0 unspecified atom stereocenters. The molecule has 1 N–H and O–H groups in total. The van der Waals surface area contributed by atoms with Gasteiger partial charge in [-0.3, -0.25) is 14.3 Å². The van der Waals surface area contributed by atoms with Crippen LogP contribution in [0.2, 0.25) is 0 Å². The topological polar surface area (TPSA) is 67.2 Å². The Morgan fingerprint density at radius 2 is 1.92 bits per heavy atom. The van der Waals surface area contributed by atoms with Crippen molar-refractivity contribution in [3.63, 3.8) is 0 Å². The molecule has 0 spiro atoms. The standard InChI is InChI=1S/C18H24N4O2/c1-6-14-9-7-8-10-15(14)19-16(23)11-21(4)18(24)17-12(2)20-22(5)13(17)3/h7-10H,6,11H2,1-5H3,(H,19,23). The summed E-state index contributed by atoms with van der Waals surface area (Å²) in [5.41, 5.74) is 3.88. The maximum Gasteiger partial charge on any atom is 0.257 e. The lowest BCUT2D eigenvalue weighted by Gasteiger charge is -2.18. The highest BCUT2D eigenvalue weighted by Crippen LogP contribution is 2.16. The van der Waals surface area contributed by atoms with Crippen molar-refractivity contribution < 1.29 is 9.59 Å². The van der Waals surface area contributed by atoms with E-state index in [1.165, 1.54) is 4.90 Å². The Labute approximate surface area is 142 Å². The van der Waals surface area contributed by atoms with Gasteiger partial charge in [-0.2, -0.15) is 5.10 Å². The third kappa shape index (κ3) is 3.64. The van der Waals surface area contributed by atoms with Gasteiger partial charge in [-0.25, -0.2) is 0 Å². The van der Waals surface area contributed by atoms with Gasteiger partial charge in [0, 0.05) is 25.5 Å². The number of carbonyl (C=O) groups is 2. The Morgan fingerprint density at radius 3 is 2.50 bits per heavy atom. The Kier molecular flexibility index (Phi) is 5.39. The van der Waals surface area contributed by atoms with Gasteiger partial charge < -0.3 is 10.2 Å². The van der Waals surface area contributed by atoms with Gasteiger partial charge in [-0.1, -0.05) is 25.1 Å². The number of nitrogens with zero attached hydrogens (tertiary/aromatic N) is 3. The van der Waals surface area contributed by atoms with E-state index in [9.17, 15) is 9.59 Å². The van der Waals surface area contributed by atoms with E-state index < -0.39 is 0 Å². The molecule has 2 aromatic rings. The molecule has 24 heavy (non-hydrogen) atoms. The summed E-state index contributed by atoms with van der Waals surface area (Å²) in [6.07, 6.45) is 0.833. The minimum absolute atomic E-state index is 0.00927. The van der Waals surface area contributed by atoms with Crippen LogP contribution in [0.4, 0.5) is 5.69 Å². The van der Waals surface area contributed by atoms with E-state index in [1.54, 1.807) is 25.7 Å². The van der Waals surface area contributed by atoms with Crippen molar-refractivity contribution in [1.82, 2.24) is 14.7 Å². The highest BCUT2D eigenvalue weighted by Gasteiger charge is 2.22. The molecule has 0 aliphatic rings. The fourth-order valence-electron chi connectivity index (χ4n) is 2.70. The first-order chi connectivity index (χ1) is 11.3. The van der Waals surface area contributed by atoms with Gasteiger partial charge in [-0.05, 0) is 31.9 Å². The number of anilines is 1. The highest BCUT2D eigenvalue weighted by molar-refractivity contribution is 6.00. The monoisotopic (exact) mass is 328 g/mol. The third-order valence-corrected chi connectivity index (χ3v) is 4.12. The van der Waals surface area contributed by atoms with E-state index in [0.29, 0.717) is 11.3 Å². The van der Waals surface area contributed by atoms with Gasteiger partial charge in [-0.15, -0.1) is 0 Å². The molecular formula is C18H24N4O2. The van der Waals surface area contributed by atoms with Crippen molar-refractivity contribution in [2.75, 3.05) is 18.9 Å². The number of carbonyl (C=O) groups excluding carboxylic acids is 2. The van der Waals surface area contributed by atoms with E-state index in [-0.39, 0.29) is 18.4 Å². The molecule has 0 bridgehead atoms. The zero-order valence-electron chi connectivity index (χ0n) is 14.9. The molecule has 6 nitrogen and oxygen atoms in total. The predicted molar refractivity (Wildman–Crippen MR) is 94.1 cm³/mol. The molecule has 1 heterocycles. The average Bonchev–Trinajstić information content (AvgIpc) is 2.79. The van der Waals surface area contributed by atoms with Crippen molar-refractivity contribution in [2.45, 2.75) is 27.2 Å². The lowest BCUT2D eigenvalue weighted by molar-refractivity contribution is -0.116. The van der Waals surface area contributed by atoms with Crippen molar-refractivity contribution in [3.05, 3.63) is 46.8 Å². The van der Waals surface area contributed by atoms with E-state index in [0.717, 1.165) is 23.4 Å². The SMILES string of the molecule is CCc1ccccc1NC(=O)CN(C)C(=O)c1c(C)nn(C)c1C. The smallest absolute Gasteiger partial charge is 0.257 e. The quantitative estimate of drug-likeness (QED) is 0.916. The number of nitrogens with one attached hydrogen (secondary N) is 1. The molecule has 2 rings (SSSR count). The number of aromatic nitrogens is 2.